The summed E-state index contributed by atoms with van der Waals surface area (Å²) in [5.41, 5.74) is 1.42. The van der Waals surface area contributed by atoms with E-state index in [1.807, 2.05) is 6.07 Å². The number of benzene rings is 3. The van der Waals surface area contributed by atoms with Crippen LogP contribution in [0.25, 0.3) is 6.08 Å². The van der Waals surface area contributed by atoms with Crippen LogP contribution in [0, 0.1) is 17.1 Å². The lowest BCUT2D eigenvalue weighted by Gasteiger charge is -2.12. The number of nitrogens with one attached hydrogen (secondary N) is 1. The molecule has 0 fully saturated rings. The number of ether oxygens (including phenoxy) is 2. The lowest BCUT2D eigenvalue weighted by atomic mass is 10.1. The molecule has 0 aliphatic rings. The van der Waals surface area contributed by atoms with Crippen molar-refractivity contribution in [1.82, 2.24) is 0 Å². The van der Waals surface area contributed by atoms with Crippen molar-refractivity contribution in [2.75, 3.05) is 12.4 Å². The van der Waals surface area contributed by atoms with Crippen LogP contribution in [0.4, 0.5) is 10.1 Å². The van der Waals surface area contributed by atoms with E-state index in [0.29, 0.717) is 33.3 Å². The van der Waals surface area contributed by atoms with Gasteiger partial charge in [-0.1, -0.05) is 35.9 Å². The van der Waals surface area contributed by atoms with Crippen LogP contribution in [0.15, 0.2) is 72.3 Å². The number of hydrogen-bond donors (Lipinski definition) is 1. The maximum Gasteiger partial charge on any atom is 0.266 e. The van der Waals surface area contributed by atoms with Crippen LogP contribution in [-0.2, 0) is 11.4 Å². The molecule has 0 aliphatic carbocycles. The second-order valence-corrected chi connectivity index (χ2v) is 6.86. The number of anilines is 1. The van der Waals surface area contributed by atoms with Gasteiger partial charge in [0.15, 0.2) is 11.5 Å². The third-order valence-electron chi connectivity index (χ3n) is 4.31. The van der Waals surface area contributed by atoms with Gasteiger partial charge in [0.1, 0.15) is 24.1 Å². The Labute approximate surface area is 184 Å². The fraction of sp³-hybridized carbons (Fsp3) is 0.0833. The van der Waals surface area contributed by atoms with E-state index in [-0.39, 0.29) is 18.0 Å². The van der Waals surface area contributed by atoms with E-state index in [9.17, 15) is 14.4 Å². The van der Waals surface area contributed by atoms with E-state index in [1.54, 1.807) is 60.7 Å². The van der Waals surface area contributed by atoms with Crippen molar-refractivity contribution < 1.29 is 18.7 Å². The van der Waals surface area contributed by atoms with Gasteiger partial charge in [0, 0.05) is 16.3 Å². The van der Waals surface area contributed by atoms with Gasteiger partial charge in [0.05, 0.1) is 7.11 Å². The minimum atomic E-state index is -0.552. The lowest BCUT2D eigenvalue weighted by Crippen LogP contribution is -2.13. The zero-order valence-corrected chi connectivity index (χ0v) is 17.3. The Morgan fingerprint density at radius 3 is 2.55 bits per heavy atom. The van der Waals surface area contributed by atoms with Gasteiger partial charge < -0.3 is 14.8 Å². The molecule has 3 rings (SSSR count). The predicted octanol–water partition coefficient (Wildman–Crippen LogP) is 5.61. The van der Waals surface area contributed by atoms with Crippen LogP contribution in [0.2, 0.25) is 5.02 Å². The molecule has 0 atom stereocenters. The molecule has 0 unspecified atom stereocenters. The maximum absolute atomic E-state index is 13.8. The Bertz CT molecular complexity index is 1150. The quantitative estimate of drug-likeness (QED) is 0.386. The molecule has 1 N–H and O–H groups in total. The third-order valence-corrected chi connectivity index (χ3v) is 4.56. The molecule has 0 saturated heterocycles. The smallest absolute Gasteiger partial charge is 0.266 e. The Morgan fingerprint density at radius 2 is 1.87 bits per heavy atom. The summed E-state index contributed by atoms with van der Waals surface area (Å²) < 4.78 is 24.8. The van der Waals surface area contributed by atoms with Gasteiger partial charge in [0.25, 0.3) is 5.91 Å². The minimum absolute atomic E-state index is 0.0329. The topological polar surface area (TPSA) is 71.3 Å². The molecular formula is C24H18ClFN2O3. The summed E-state index contributed by atoms with van der Waals surface area (Å²) in [5, 5.41) is 12.6. The fourth-order valence-electron chi connectivity index (χ4n) is 2.71. The predicted molar refractivity (Wildman–Crippen MR) is 117 cm³/mol. The molecule has 7 heteroatoms. The van der Waals surface area contributed by atoms with Crippen molar-refractivity contribution in [3.63, 3.8) is 0 Å². The second-order valence-electron chi connectivity index (χ2n) is 6.42. The number of halogens is 2. The molecule has 0 heterocycles. The van der Waals surface area contributed by atoms with Gasteiger partial charge >= 0.3 is 0 Å². The maximum atomic E-state index is 13.8. The lowest BCUT2D eigenvalue weighted by molar-refractivity contribution is -0.112. The molecule has 156 valence electrons. The van der Waals surface area contributed by atoms with Gasteiger partial charge in [0.2, 0.25) is 0 Å². The highest BCUT2D eigenvalue weighted by Gasteiger charge is 2.12. The summed E-state index contributed by atoms with van der Waals surface area (Å²) >= 11 is 5.83. The van der Waals surface area contributed by atoms with Gasteiger partial charge in [-0.25, -0.2) is 4.39 Å². The Kier molecular flexibility index (Phi) is 7.26. The molecule has 0 radical (unpaired) electrons. The first kappa shape index (κ1) is 21.9. The largest absolute Gasteiger partial charge is 0.493 e. The van der Waals surface area contributed by atoms with Crippen molar-refractivity contribution >= 4 is 29.3 Å². The molecular weight excluding hydrogens is 419 g/mol. The van der Waals surface area contributed by atoms with Crippen LogP contribution in [0.3, 0.4) is 0 Å². The fourth-order valence-corrected chi connectivity index (χ4v) is 2.84. The Hall–Kier alpha value is -3.82. The average Bonchev–Trinajstić information content (AvgIpc) is 2.78. The molecule has 0 aliphatic heterocycles. The van der Waals surface area contributed by atoms with E-state index in [2.05, 4.69) is 5.32 Å². The number of amides is 1. The zero-order valence-electron chi connectivity index (χ0n) is 16.6. The number of nitrogens with zero attached hydrogens (tertiary/aromatic N) is 1. The molecule has 1 amide bonds. The molecule has 0 saturated carbocycles. The highest BCUT2D eigenvalue weighted by atomic mass is 35.5. The summed E-state index contributed by atoms with van der Waals surface area (Å²) in [4.78, 5) is 12.4. The van der Waals surface area contributed by atoms with Gasteiger partial charge in [-0.3, -0.25) is 4.79 Å². The summed E-state index contributed by atoms with van der Waals surface area (Å²) in [6.45, 7) is 0.0329. The van der Waals surface area contributed by atoms with E-state index < -0.39 is 5.91 Å². The van der Waals surface area contributed by atoms with Crippen LogP contribution in [0.5, 0.6) is 11.5 Å². The monoisotopic (exact) mass is 436 g/mol. The molecule has 0 bridgehead atoms. The Morgan fingerprint density at radius 1 is 1.13 bits per heavy atom. The summed E-state index contributed by atoms with van der Waals surface area (Å²) in [6.07, 6.45) is 1.44. The number of carbonyl (C=O) groups excluding carboxylic acids is 1. The van der Waals surface area contributed by atoms with Crippen molar-refractivity contribution in [2.24, 2.45) is 0 Å². The van der Waals surface area contributed by atoms with E-state index in [1.165, 1.54) is 19.3 Å². The van der Waals surface area contributed by atoms with Crippen LogP contribution >= 0.6 is 11.6 Å². The van der Waals surface area contributed by atoms with E-state index in [0.717, 1.165) is 0 Å². The number of methoxy groups -OCH3 is 1. The zero-order chi connectivity index (χ0) is 22.2. The van der Waals surface area contributed by atoms with Crippen molar-refractivity contribution in [3.8, 4) is 17.6 Å². The van der Waals surface area contributed by atoms with E-state index in [4.69, 9.17) is 21.1 Å². The van der Waals surface area contributed by atoms with Gasteiger partial charge in [-0.05, 0) is 54.1 Å². The standard InChI is InChI=1S/C24H18ClFN2O3/c1-30-23-13-16(6-11-22(23)31-15-17-4-2-3-5-21(17)26)12-18(14-27)24(29)28-20-9-7-19(25)8-10-20/h2-13H,15H2,1H3,(H,28,29)/b18-12-. The Balaban J connectivity index is 1.75. The molecule has 0 spiro atoms. The minimum Gasteiger partial charge on any atom is -0.493 e. The number of nitriles is 1. The van der Waals surface area contributed by atoms with Crippen LogP contribution < -0.4 is 14.8 Å². The SMILES string of the molecule is COc1cc(/C=C(/C#N)C(=O)Nc2ccc(Cl)cc2)ccc1OCc1ccccc1F. The van der Waals surface area contributed by atoms with Crippen molar-refractivity contribution in [1.29, 1.82) is 5.26 Å². The second kappa shape index (κ2) is 10.3. The first-order valence-corrected chi connectivity index (χ1v) is 9.61. The summed E-state index contributed by atoms with van der Waals surface area (Å²) in [5.74, 6) is -0.109. The van der Waals surface area contributed by atoms with Gasteiger partial charge in [-0.15, -0.1) is 0 Å². The number of rotatable bonds is 7. The van der Waals surface area contributed by atoms with Crippen molar-refractivity contribution in [2.45, 2.75) is 6.61 Å². The number of hydrogen-bond acceptors (Lipinski definition) is 4. The molecule has 3 aromatic carbocycles. The van der Waals surface area contributed by atoms with Crippen LogP contribution in [0.1, 0.15) is 11.1 Å². The van der Waals surface area contributed by atoms with Crippen LogP contribution in [-0.4, -0.2) is 13.0 Å². The highest BCUT2D eigenvalue weighted by molar-refractivity contribution is 6.30. The molecule has 31 heavy (non-hydrogen) atoms. The first-order valence-electron chi connectivity index (χ1n) is 9.23. The number of carbonyl (C=O) groups is 1. The summed E-state index contributed by atoms with van der Waals surface area (Å²) in [6, 6.07) is 19.7. The molecule has 0 aromatic heterocycles. The van der Waals surface area contributed by atoms with Crippen molar-refractivity contribution in [3.05, 3.63) is 94.3 Å². The molecule has 5 nitrogen and oxygen atoms in total. The average molecular weight is 437 g/mol. The third kappa shape index (κ3) is 5.84. The normalized spacial score (nSPS) is 10.8. The molecule has 3 aromatic rings. The van der Waals surface area contributed by atoms with E-state index >= 15 is 0 Å². The highest BCUT2D eigenvalue weighted by Crippen LogP contribution is 2.30. The first-order chi connectivity index (χ1) is 15.0. The summed E-state index contributed by atoms with van der Waals surface area (Å²) in [7, 11) is 1.47. The van der Waals surface area contributed by atoms with Gasteiger partial charge in [-0.2, -0.15) is 5.26 Å².